The quantitative estimate of drug-likeness (QED) is 0.901. The number of hydrogen-bond acceptors (Lipinski definition) is 2. The highest BCUT2D eigenvalue weighted by Crippen LogP contribution is 2.44. The number of aryl methyl sites for hydroxylation is 1. The molecular formula is C14H16N2O2. The Hall–Kier alpha value is -1.84. The molecule has 0 spiro atoms. The van der Waals surface area contributed by atoms with Gasteiger partial charge in [0.25, 0.3) is 0 Å². The molecule has 3 rings (SSSR count). The molecule has 0 aliphatic heterocycles. The zero-order chi connectivity index (χ0) is 12.8. The Morgan fingerprint density at radius 2 is 2.17 bits per heavy atom. The number of carboxylic acid groups (broad SMARTS) is 1. The van der Waals surface area contributed by atoms with E-state index >= 15 is 0 Å². The van der Waals surface area contributed by atoms with Crippen LogP contribution in [0.4, 0.5) is 0 Å². The van der Waals surface area contributed by atoms with Gasteiger partial charge >= 0.3 is 5.97 Å². The highest BCUT2D eigenvalue weighted by atomic mass is 16.4. The molecule has 18 heavy (non-hydrogen) atoms. The zero-order valence-electron chi connectivity index (χ0n) is 10.4. The minimum absolute atomic E-state index is 0.545. The maximum Gasteiger partial charge on any atom is 0.310 e. The normalized spacial score (nSPS) is 17.6. The van der Waals surface area contributed by atoms with E-state index in [9.17, 15) is 9.90 Å². The fourth-order valence-corrected chi connectivity index (χ4v) is 2.81. The molecule has 1 aliphatic rings. The van der Waals surface area contributed by atoms with E-state index in [2.05, 4.69) is 5.10 Å². The van der Waals surface area contributed by atoms with Crippen LogP contribution in [0.15, 0.2) is 24.3 Å². The van der Waals surface area contributed by atoms with Gasteiger partial charge in [-0.1, -0.05) is 24.6 Å². The second-order valence-electron chi connectivity index (χ2n) is 5.20. The van der Waals surface area contributed by atoms with Crippen molar-refractivity contribution in [3.05, 3.63) is 30.0 Å². The lowest BCUT2D eigenvalue weighted by molar-refractivity contribution is -0.154. The number of fused-ring (bicyclic) bond motifs is 1. The molecule has 1 aliphatic carbocycles. The van der Waals surface area contributed by atoms with Crippen LogP contribution in [0.3, 0.4) is 0 Å². The molecule has 0 saturated heterocycles. The van der Waals surface area contributed by atoms with Crippen molar-refractivity contribution in [1.29, 1.82) is 0 Å². The molecular weight excluding hydrogens is 228 g/mol. The van der Waals surface area contributed by atoms with Crippen LogP contribution >= 0.6 is 0 Å². The second-order valence-corrected chi connectivity index (χ2v) is 5.20. The second kappa shape index (κ2) is 3.83. The van der Waals surface area contributed by atoms with E-state index in [-0.39, 0.29) is 0 Å². The third-order valence-corrected chi connectivity index (χ3v) is 4.10. The molecule has 1 N–H and O–H groups in total. The van der Waals surface area contributed by atoms with Gasteiger partial charge in [0, 0.05) is 18.9 Å². The lowest BCUT2D eigenvalue weighted by Crippen LogP contribution is -2.40. The third kappa shape index (κ3) is 1.52. The number of aromatic nitrogens is 2. The van der Waals surface area contributed by atoms with Gasteiger partial charge in [-0.05, 0) is 18.9 Å². The van der Waals surface area contributed by atoms with Crippen LogP contribution in [0.1, 0.15) is 25.0 Å². The van der Waals surface area contributed by atoms with E-state index in [1.54, 1.807) is 0 Å². The molecule has 1 heterocycles. The molecule has 0 unspecified atom stereocenters. The van der Waals surface area contributed by atoms with Crippen LogP contribution in [0.5, 0.6) is 0 Å². The summed E-state index contributed by atoms with van der Waals surface area (Å²) < 4.78 is 1.83. The van der Waals surface area contributed by atoms with Crippen molar-refractivity contribution in [2.45, 2.75) is 25.7 Å². The Kier molecular flexibility index (Phi) is 2.40. The Morgan fingerprint density at radius 1 is 1.44 bits per heavy atom. The predicted molar refractivity (Wildman–Crippen MR) is 68.3 cm³/mol. The van der Waals surface area contributed by atoms with Crippen LogP contribution in [0.2, 0.25) is 0 Å². The Morgan fingerprint density at radius 3 is 2.78 bits per heavy atom. The van der Waals surface area contributed by atoms with Crippen molar-refractivity contribution >= 4 is 16.9 Å². The highest BCUT2D eigenvalue weighted by Gasteiger charge is 2.45. The molecule has 4 nitrogen and oxygen atoms in total. The molecule has 0 amide bonds. The number of benzene rings is 1. The number of hydrogen-bond donors (Lipinski definition) is 1. The van der Waals surface area contributed by atoms with Gasteiger partial charge in [0.1, 0.15) is 0 Å². The van der Waals surface area contributed by atoms with Crippen molar-refractivity contribution in [2.24, 2.45) is 12.5 Å². The van der Waals surface area contributed by atoms with Gasteiger partial charge < -0.3 is 5.11 Å². The van der Waals surface area contributed by atoms with Gasteiger partial charge in [0.15, 0.2) is 0 Å². The van der Waals surface area contributed by atoms with E-state index in [1.165, 1.54) is 0 Å². The zero-order valence-corrected chi connectivity index (χ0v) is 10.4. The fourth-order valence-electron chi connectivity index (χ4n) is 2.81. The van der Waals surface area contributed by atoms with Gasteiger partial charge in [0.2, 0.25) is 0 Å². The van der Waals surface area contributed by atoms with Crippen LogP contribution in [-0.4, -0.2) is 20.9 Å². The average molecular weight is 244 g/mol. The average Bonchev–Trinajstić information content (AvgIpc) is 2.61. The molecule has 0 radical (unpaired) electrons. The SMILES string of the molecule is Cn1nc(CC2(C(=O)O)CCC2)c2ccccc21. The molecule has 4 heteroatoms. The Balaban J connectivity index is 2.03. The first-order valence-electron chi connectivity index (χ1n) is 6.26. The summed E-state index contributed by atoms with van der Waals surface area (Å²) in [4.78, 5) is 11.4. The lowest BCUT2D eigenvalue weighted by atomic mass is 9.66. The first kappa shape index (κ1) is 11.3. The molecule has 1 aromatic heterocycles. The molecule has 1 fully saturated rings. The van der Waals surface area contributed by atoms with Crippen molar-refractivity contribution in [3.8, 4) is 0 Å². The number of nitrogens with zero attached hydrogens (tertiary/aromatic N) is 2. The van der Waals surface area contributed by atoms with E-state index < -0.39 is 11.4 Å². The van der Waals surface area contributed by atoms with Crippen LogP contribution in [-0.2, 0) is 18.3 Å². The van der Waals surface area contributed by atoms with Gasteiger partial charge in [-0.2, -0.15) is 5.10 Å². The van der Waals surface area contributed by atoms with Gasteiger partial charge in [0.05, 0.1) is 16.6 Å². The first-order chi connectivity index (χ1) is 8.62. The predicted octanol–water partition coefficient (Wildman–Crippen LogP) is 2.37. The maximum atomic E-state index is 11.4. The standard InChI is InChI=1S/C14H16N2O2/c1-16-12-6-3-2-5-10(12)11(15-16)9-14(13(17)18)7-4-8-14/h2-3,5-6H,4,7-9H2,1H3,(H,17,18). The van der Waals surface area contributed by atoms with Gasteiger partial charge in [-0.3, -0.25) is 9.48 Å². The van der Waals surface area contributed by atoms with Crippen molar-refractivity contribution in [1.82, 2.24) is 9.78 Å². The topological polar surface area (TPSA) is 55.1 Å². The van der Waals surface area contributed by atoms with E-state index in [4.69, 9.17) is 0 Å². The molecule has 0 atom stereocenters. The summed E-state index contributed by atoms with van der Waals surface area (Å²) in [6.45, 7) is 0. The number of rotatable bonds is 3. The van der Waals surface area contributed by atoms with Crippen molar-refractivity contribution < 1.29 is 9.90 Å². The molecule has 1 aromatic carbocycles. The highest BCUT2D eigenvalue weighted by molar-refractivity contribution is 5.83. The third-order valence-electron chi connectivity index (χ3n) is 4.10. The molecule has 0 bridgehead atoms. The first-order valence-corrected chi connectivity index (χ1v) is 6.26. The Labute approximate surface area is 105 Å². The van der Waals surface area contributed by atoms with Crippen LogP contribution < -0.4 is 0 Å². The minimum Gasteiger partial charge on any atom is -0.481 e. The number of carbonyl (C=O) groups is 1. The number of carboxylic acids is 1. The Bertz CT molecular complexity index is 611. The summed E-state index contributed by atoms with van der Waals surface area (Å²) in [7, 11) is 1.90. The van der Waals surface area contributed by atoms with Gasteiger partial charge in [-0.25, -0.2) is 0 Å². The summed E-state index contributed by atoms with van der Waals surface area (Å²) in [6.07, 6.45) is 3.10. The maximum absolute atomic E-state index is 11.4. The molecule has 2 aromatic rings. The smallest absolute Gasteiger partial charge is 0.310 e. The summed E-state index contributed by atoms with van der Waals surface area (Å²) in [5, 5.41) is 15.0. The number of aliphatic carboxylic acids is 1. The summed E-state index contributed by atoms with van der Waals surface area (Å²) in [6, 6.07) is 7.98. The van der Waals surface area contributed by atoms with Crippen molar-refractivity contribution in [3.63, 3.8) is 0 Å². The molecule has 94 valence electrons. The van der Waals surface area contributed by atoms with Crippen LogP contribution in [0, 0.1) is 5.41 Å². The van der Waals surface area contributed by atoms with Gasteiger partial charge in [-0.15, -0.1) is 0 Å². The minimum atomic E-state index is -0.677. The van der Waals surface area contributed by atoms with Crippen molar-refractivity contribution in [2.75, 3.05) is 0 Å². The fraction of sp³-hybridized carbons (Fsp3) is 0.429. The lowest BCUT2D eigenvalue weighted by Gasteiger charge is -2.37. The summed E-state index contributed by atoms with van der Waals surface area (Å²) in [5.74, 6) is -0.677. The largest absolute Gasteiger partial charge is 0.481 e. The van der Waals surface area contributed by atoms with Crippen LogP contribution in [0.25, 0.3) is 10.9 Å². The summed E-state index contributed by atoms with van der Waals surface area (Å²) in [5.41, 5.74) is 1.40. The summed E-state index contributed by atoms with van der Waals surface area (Å²) >= 11 is 0. The molecule has 1 saturated carbocycles. The van der Waals surface area contributed by atoms with E-state index in [0.29, 0.717) is 6.42 Å². The van der Waals surface area contributed by atoms with E-state index in [0.717, 1.165) is 35.9 Å². The van der Waals surface area contributed by atoms with E-state index in [1.807, 2.05) is 36.0 Å². The number of para-hydroxylation sites is 1. The monoisotopic (exact) mass is 244 g/mol.